The maximum atomic E-state index is 11.3. The number of rotatable bonds is 6. The predicted octanol–water partition coefficient (Wildman–Crippen LogP) is 1.83. The number of methoxy groups -OCH3 is 1. The van der Waals surface area contributed by atoms with E-state index in [4.69, 9.17) is 5.73 Å². The molecule has 0 aromatic heterocycles. The van der Waals surface area contributed by atoms with Gasteiger partial charge in [0.1, 0.15) is 6.04 Å². The van der Waals surface area contributed by atoms with Crippen molar-refractivity contribution in [2.45, 2.75) is 31.6 Å². The molecule has 1 aromatic rings. The lowest BCUT2D eigenvalue weighted by atomic mass is 10.1. The lowest BCUT2D eigenvalue weighted by molar-refractivity contribution is -0.142. The number of carbonyl (C=O) groups is 1. The maximum absolute atomic E-state index is 11.3. The monoisotopic (exact) mass is 277 g/mol. The number of esters is 1. The Morgan fingerprint density at radius 2 is 2.00 bits per heavy atom. The van der Waals surface area contributed by atoms with Crippen LogP contribution in [-0.2, 0) is 16.0 Å². The van der Waals surface area contributed by atoms with Gasteiger partial charge in [0, 0.05) is 0 Å². The number of nitrogens with two attached hydrogens (primary N) is 1. The molecule has 4 heteroatoms. The molecule has 0 fully saturated rings. The highest BCUT2D eigenvalue weighted by Gasteiger charge is 2.21. The molecule has 0 unspecified atom stereocenters. The summed E-state index contributed by atoms with van der Waals surface area (Å²) in [5, 5.41) is 1.39. The van der Waals surface area contributed by atoms with Gasteiger partial charge in [-0.1, -0.05) is 48.6 Å². The zero-order valence-electron chi connectivity index (χ0n) is 12.0. The second kappa shape index (κ2) is 6.68. The van der Waals surface area contributed by atoms with Gasteiger partial charge in [-0.25, -0.2) is 0 Å². The molecule has 0 bridgehead atoms. The fourth-order valence-corrected chi connectivity index (χ4v) is 4.09. The van der Waals surface area contributed by atoms with E-state index in [0.717, 1.165) is 11.6 Å². The van der Waals surface area contributed by atoms with Crippen LogP contribution in [0.3, 0.4) is 0 Å². The molecule has 1 rings (SSSR count). The number of allylic oxidation sites excluding steroid dienone is 1. The Labute approximate surface area is 116 Å². The third-order valence-electron chi connectivity index (χ3n) is 3.35. The van der Waals surface area contributed by atoms with E-state index < -0.39 is 14.1 Å². The average Bonchev–Trinajstić information content (AvgIpc) is 2.38. The number of ether oxygens (including phenoxy) is 1. The Morgan fingerprint density at radius 3 is 2.47 bits per heavy atom. The standard InChI is InChI=1S/C15H23NO2Si/c1-5-10-19(3,4)13-8-6-12(7-9-13)11-14(16)15(17)18-2/h5-9,14H,1,10-11,16H2,2-4H3/t14-/m0/s1. The smallest absolute Gasteiger partial charge is 0.322 e. The van der Waals surface area contributed by atoms with Crippen molar-refractivity contribution in [2.24, 2.45) is 5.73 Å². The van der Waals surface area contributed by atoms with E-state index in [1.165, 1.54) is 12.3 Å². The number of carbonyl (C=O) groups excluding carboxylic acids is 1. The first-order valence-electron chi connectivity index (χ1n) is 6.44. The highest BCUT2D eigenvalue weighted by atomic mass is 28.3. The summed E-state index contributed by atoms with van der Waals surface area (Å²) in [6, 6.07) is 8.87. The van der Waals surface area contributed by atoms with Gasteiger partial charge in [-0.05, 0) is 18.0 Å². The quantitative estimate of drug-likeness (QED) is 0.490. The van der Waals surface area contributed by atoms with E-state index in [2.05, 4.69) is 48.7 Å². The predicted molar refractivity (Wildman–Crippen MR) is 82.3 cm³/mol. The first kappa shape index (κ1) is 15.7. The molecule has 19 heavy (non-hydrogen) atoms. The summed E-state index contributed by atoms with van der Waals surface area (Å²) in [5.74, 6) is -0.370. The van der Waals surface area contributed by atoms with Gasteiger partial charge in [0.05, 0.1) is 15.2 Å². The molecule has 1 aromatic carbocycles. The molecule has 0 aliphatic heterocycles. The lowest BCUT2D eigenvalue weighted by Crippen LogP contribution is -2.40. The van der Waals surface area contributed by atoms with Crippen LogP contribution in [0.25, 0.3) is 0 Å². The van der Waals surface area contributed by atoms with Crippen LogP contribution in [0.2, 0.25) is 19.1 Å². The van der Waals surface area contributed by atoms with E-state index in [9.17, 15) is 4.79 Å². The lowest BCUT2D eigenvalue weighted by Gasteiger charge is -2.21. The van der Waals surface area contributed by atoms with Crippen molar-refractivity contribution >= 4 is 19.2 Å². The molecule has 2 N–H and O–H groups in total. The zero-order valence-corrected chi connectivity index (χ0v) is 13.0. The zero-order chi connectivity index (χ0) is 14.5. The molecule has 0 heterocycles. The summed E-state index contributed by atoms with van der Waals surface area (Å²) in [4.78, 5) is 11.3. The molecule has 0 radical (unpaired) electrons. The van der Waals surface area contributed by atoms with Gasteiger partial charge in [-0.2, -0.15) is 0 Å². The van der Waals surface area contributed by atoms with Crippen molar-refractivity contribution < 1.29 is 9.53 Å². The van der Waals surface area contributed by atoms with Gasteiger partial charge >= 0.3 is 5.97 Å². The van der Waals surface area contributed by atoms with Crippen LogP contribution in [-0.4, -0.2) is 27.2 Å². The highest BCUT2D eigenvalue weighted by molar-refractivity contribution is 6.90. The molecule has 0 saturated carbocycles. The summed E-state index contributed by atoms with van der Waals surface area (Å²) in [6.45, 7) is 8.47. The van der Waals surface area contributed by atoms with Crippen molar-refractivity contribution in [3.63, 3.8) is 0 Å². The average molecular weight is 277 g/mol. The minimum Gasteiger partial charge on any atom is -0.468 e. The summed E-state index contributed by atoms with van der Waals surface area (Å²) in [6.07, 6.45) is 2.50. The molecule has 0 amide bonds. The van der Waals surface area contributed by atoms with Crippen molar-refractivity contribution in [3.8, 4) is 0 Å². The molecular weight excluding hydrogens is 254 g/mol. The SMILES string of the molecule is C=CC[Si](C)(C)c1ccc(C[C@H](N)C(=O)OC)cc1. The summed E-state index contributed by atoms with van der Waals surface area (Å²) >= 11 is 0. The van der Waals surface area contributed by atoms with Gasteiger partial charge < -0.3 is 10.5 Å². The Balaban J connectivity index is 2.77. The third kappa shape index (κ3) is 4.33. The largest absolute Gasteiger partial charge is 0.468 e. The van der Waals surface area contributed by atoms with Crippen LogP contribution in [0.4, 0.5) is 0 Å². The van der Waals surface area contributed by atoms with Crippen LogP contribution in [0.5, 0.6) is 0 Å². The number of hydrogen-bond acceptors (Lipinski definition) is 3. The summed E-state index contributed by atoms with van der Waals surface area (Å²) < 4.78 is 4.63. The molecule has 0 aliphatic carbocycles. The van der Waals surface area contributed by atoms with Gasteiger partial charge in [0.15, 0.2) is 0 Å². The van der Waals surface area contributed by atoms with Gasteiger partial charge in [0.25, 0.3) is 0 Å². The summed E-state index contributed by atoms with van der Waals surface area (Å²) in [7, 11) is -0.0561. The Hall–Kier alpha value is -1.39. The molecule has 0 aliphatic rings. The third-order valence-corrected chi connectivity index (χ3v) is 6.56. The molecule has 0 saturated heterocycles. The van der Waals surface area contributed by atoms with Gasteiger partial charge in [-0.3, -0.25) is 4.79 Å². The molecule has 3 nitrogen and oxygen atoms in total. The van der Waals surface area contributed by atoms with Crippen LogP contribution in [0.15, 0.2) is 36.9 Å². The number of benzene rings is 1. The molecule has 0 spiro atoms. The second-order valence-corrected chi connectivity index (χ2v) is 10.2. The first-order valence-corrected chi connectivity index (χ1v) is 9.65. The van der Waals surface area contributed by atoms with Crippen LogP contribution < -0.4 is 10.9 Å². The van der Waals surface area contributed by atoms with Crippen LogP contribution in [0, 0.1) is 0 Å². The Morgan fingerprint density at radius 1 is 1.42 bits per heavy atom. The van der Waals surface area contributed by atoms with E-state index >= 15 is 0 Å². The van der Waals surface area contributed by atoms with E-state index in [-0.39, 0.29) is 5.97 Å². The van der Waals surface area contributed by atoms with Crippen LogP contribution in [0.1, 0.15) is 5.56 Å². The second-order valence-electron chi connectivity index (χ2n) is 5.41. The van der Waals surface area contributed by atoms with Crippen molar-refractivity contribution in [1.29, 1.82) is 0 Å². The molecule has 104 valence electrons. The van der Waals surface area contributed by atoms with Crippen molar-refractivity contribution in [1.82, 2.24) is 0 Å². The minimum absolute atomic E-state index is 0.370. The maximum Gasteiger partial charge on any atom is 0.322 e. The fraction of sp³-hybridized carbons (Fsp3) is 0.400. The fourth-order valence-electron chi connectivity index (χ4n) is 2.06. The highest BCUT2D eigenvalue weighted by Crippen LogP contribution is 2.11. The summed E-state index contributed by atoms with van der Waals surface area (Å²) in [5.41, 5.74) is 6.81. The molecular formula is C15H23NO2Si. The van der Waals surface area contributed by atoms with Crippen molar-refractivity contribution in [3.05, 3.63) is 42.5 Å². The Kier molecular flexibility index (Phi) is 5.51. The van der Waals surface area contributed by atoms with Crippen molar-refractivity contribution in [2.75, 3.05) is 7.11 Å². The molecule has 1 atom stereocenters. The van der Waals surface area contributed by atoms with Crippen LogP contribution >= 0.6 is 0 Å². The topological polar surface area (TPSA) is 52.3 Å². The normalized spacial score (nSPS) is 12.8. The van der Waals surface area contributed by atoms with E-state index in [1.54, 1.807) is 0 Å². The van der Waals surface area contributed by atoms with E-state index in [1.807, 2.05) is 6.08 Å². The Bertz CT molecular complexity index is 440. The minimum atomic E-state index is -1.41. The van der Waals surface area contributed by atoms with Gasteiger partial charge in [-0.15, -0.1) is 6.58 Å². The van der Waals surface area contributed by atoms with E-state index in [0.29, 0.717) is 6.42 Å². The van der Waals surface area contributed by atoms with Gasteiger partial charge in [0.2, 0.25) is 0 Å². The first-order chi connectivity index (χ1) is 8.90. The number of hydrogen-bond donors (Lipinski definition) is 1.